The van der Waals surface area contributed by atoms with Gasteiger partial charge >= 0.3 is 6.61 Å². The Morgan fingerprint density at radius 2 is 2.06 bits per heavy atom. The smallest absolute Gasteiger partial charge is 0.387 e. The van der Waals surface area contributed by atoms with Gasteiger partial charge in [0.25, 0.3) is 0 Å². The summed E-state index contributed by atoms with van der Waals surface area (Å²) in [6.45, 7) is 0.998. The topological polar surface area (TPSA) is 48.2 Å². The Morgan fingerprint density at radius 3 is 2.67 bits per heavy atom. The van der Waals surface area contributed by atoms with Crippen LogP contribution in [0.3, 0.4) is 0 Å². The minimum absolute atomic E-state index is 0.0680. The van der Waals surface area contributed by atoms with Gasteiger partial charge in [-0.05, 0) is 12.1 Å². The van der Waals surface area contributed by atoms with E-state index in [4.69, 9.17) is 4.52 Å². The van der Waals surface area contributed by atoms with E-state index < -0.39 is 6.61 Å². The molecule has 4 nitrogen and oxygen atoms in total. The van der Waals surface area contributed by atoms with Gasteiger partial charge in [-0.1, -0.05) is 31.1 Å². The maximum absolute atomic E-state index is 12.1. The van der Waals surface area contributed by atoms with Crippen LogP contribution >= 0.6 is 0 Å². The summed E-state index contributed by atoms with van der Waals surface area (Å²) in [5.74, 6) is 1.05. The summed E-state index contributed by atoms with van der Waals surface area (Å²) >= 11 is 0. The van der Waals surface area contributed by atoms with Crippen molar-refractivity contribution in [3.8, 4) is 17.1 Å². The summed E-state index contributed by atoms with van der Waals surface area (Å²) in [5, 5.41) is 3.80. The molecule has 0 bridgehead atoms. The molecule has 0 aliphatic heterocycles. The van der Waals surface area contributed by atoms with E-state index in [9.17, 15) is 8.78 Å². The third-order valence-electron chi connectivity index (χ3n) is 2.25. The van der Waals surface area contributed by atoms with E-state index in [-0.39, 0.29) is 11.7 Å². The molecule has 96 valence electrons. The molecule has 0 radical (unpaired) electrons. The fourth-order valence-corrected chi connectivity index (χ4v) is 1.40. The van der Waals surface area contributed by atoms with Crippen molar-refractivity contribution in [1.82, 2.24) is 10.1 Å². The van der Waals surface area contributed by atoms with Gasteiger partial charge in [-0.2, -0.15) is 13.8 Å². The fraction of sp³-hybridized carbons (Fsp3) is 0.333. The van der Waals surface area contributed by atoms with Crippen molar-refractivity contribution in [2.24, 2.45) is 0 Å². The Bertz CT molecular complexity index is 526. The van der Waals surface area contributed by atoms with Gasteiger partial charge < -0.3 is 9.26 Å². The number of ether oxygens (including phenoxy) is 1. The molecule has 0 atom stereocenters. The van der Waals surface area contributed by atoms with Gasteiger partial charge in [-0.3, -0.25) is 0 Å². The van der Waals surface area contributed by atoms with Crippen molar-refractivity contribution < 1.29 is 18.0 Å². The van der Waals surface area contributed by atoms with Crippen LogP contribution in [0.5, 0.6) is 5.75 Å². The number of aromatic nitrogens is 2. The Hall–Kier alpha value is -1.98. The van der Waals surface area contributed by atoms with Crippen LogP contribution in [-0.2, 0) is 0 Å². The number of benzene rings is 1. The maximum atomic E-state index is 12.1. The number of alkyl halides is 2. The molecule has 0 saturated carbocycles. The third-order valence-corrected chi connectivity index (χ3v) is 2.25. The van der Waals surface area contributed by atoms with Gasteiger partial charge in [0.1, 0.15) is 5.75 Å². The predicted octanol–water partition coefficient (Wildman–Crippen LogP) is 3.46. The highest BCUT2D eigenvalue weighted by molar-refractivity contribution is 5.56. The SMILES string of the molecule is CC(C)c1nc(-c2cccc(OC(F)F)c2)no1. The quantitative estimate of drug-likeness (QED) is 0.838. The predicted molar refractivity (Wildman–Crippen MR) is 60.5 cm³/mol. The second-order valence-electron chi connectivity index (χ2n) is 4.02. The van der Waals surface area contributed by atoms with Crippen LogP contribution in [0.1, 0.15) is 25.7 Å². The van der Waals surface area contributed by atoms with Crippen LogP contribution in [0.4, 0.5) is 8.78 Å². The standard InChI is InChI=1S/C12H12F2N2O2/c1-7(2)11-15-10(16-18-11)8-4-3-5-9(6-8)17-12(13)14/h3-7,12H,1-2H3. The highest BCUT2D eigenvalue weighted by Gasteiger charge is 2.12. The van der Waals surface area contributed by atoms with Crippen molar-refractivity contribution in [1.29, 1.82) is 0 Å². The number of rotatable bonds is 4. The molecule has 0 aliphatic carbocycles. The molecule has 18 heavy (non-hydrogen) atoms. The molecule has 2 rings (SSSR count). The van der Waals surface area contributed by atoms with Gasteiger partial charge in [0.15, 0.2) is 0 Å². The molecule has 2 aromatic rings. The molecule has 1 heterocycles. The molecule has 0 N–H and O–H groups in total. The van der Waals surface area contributed by atoms with Crippen molar-refractivity contribution in [3.63, 3.8) is 0 Å². The normalized spacial score (nSPS) is 11.2. The molecular formula is C12H12F2N2O2. The van der Waals surface area contributed by atoms with Crippen molar-refractivity contribution in [3.05, 3.63) is 30.2 Å². The van der Waals surface area contributed by atoms with Crippen LogP contribution in [0, 0.1) is 0 Å². The van der Waals surface area contributed by atoms with Crippen LogP contribution in [0.2, 0.25) is 0 Å². The van der Waals surface area contributed by atoms with E-state index in [1.807, 2.05) is 13.8 Å². The van der Waals surface area contributed by atoms with E-state index in [2.05, 4.69) is 14.9 Å². The molecule has 0 saturated heterocycles. The number of nitrogens with zero attached hydrogens (tertiary/aromatic N) is 2. The van der Waals surface area contributed by atoms with E-state index in [0.29, 0.717) is 17.3 Å². The van der Waals surface area contributed by atoms with E-state index in [1.165, 1.54) is 12.1 Å². The summed E-state index contributed by atoms with van der Waals surface area (Å²) in [5.41, 5.74) is 0.573. The third kappa shape index (κ3) is 2.82. The van der Waals surface area contributed by atoms with Gasteiger partial charge in [0.05, 0.1) is 0 Å². The highest BCUT2D eigenvalue weighted by atomic mass is 19.3. The Morgan fingerprint density at radius 1 is 1.28 bits per heavy atom. The first-order valence-electron chi connectivity index (χ1n) is 5.45. The van der Waals surface area contributed by atoms with Crippen LogP contribution in [-0.4, -0.2) is 16.8 Å². The zero-order valence-electron chi connectivity index (χ0n) is 9.93. The second kappa shape index (κ2) is 5.12. The minimum Gasteiger partial charge on any atom is -0.435 e. The molecular weight excluding hydrogens is 242 g/mol. The zero-order chi connectivity index (χ0) is 13.1. The molecule has 1 aromatic carbocycles. The number of hydrogen-bond donors (Lipinski definition) is 0. The fourth-order valence-electron chi connectivity index (χ4n) is 1.40. The lowest BCUT2D eigenvalue weighted by Gasteiger charge is -2.04. The first-order chi connectivity index (χ1) is 8.56. The lowest BCUT2D eigenvalue weighted by Crippen LogP contribution is -2.01. The van der Waals surface area contributed by atoms with Gasteiger partial charge in [-0.25, -0.2) is 0 Å². The van der Waals surface area contributed by atoms with Crippen molar-refractivity contribution in [2.45, 2.75) is 26.4 Å². The summed E-state index contributed by atoms with van der Waals surface area (Å²) in [6.07, 6.45) is 0. The molecule has 0 unspecified atom stereocenters. The average molecular weight is 254 g/mol. The van der Waals surface area contributed by atoms with Gasteiger partial charge in [-0.15, -0.1) is 0 Å². The lowest BCUT2D eigenvalue weighted by atomic mass is 10.2. The van der Waals surface area contributed by atoms with Crippen LogP contribution in [0.25, 0.3) is 11.4 Å². The molecule has 0 spiro atoms. The van der Waals surface area contributed by atoms with E-state index >= 15 is 0 Å². The molecule has 0 amide bonds. The second-order valence-corrected chi connectivity index (χ2v) is 4.02. The largest absolute Gasteiger partial charge is 0.435 e. The molecule has 6 heteroatoms. The maximum Gasteiger partial charge on any atom is 0.387 e. The monoisotopic (exact) mass is 254 g/mol. The van der Waals surface area contributed by atoms with Crippen LogP contribution < -0.4 is 4.74 Å². The first kappa shape index (κ1) is 12.5. The summed E-state index contributed by atoms with van der Waals surface area (Å²) < 4.78 is 33.5. The Kier molecular flexibility index (Phi) is 3.55. The molecule has 0 fully saturated rings. The molecule has 0 aliphatic rings. The van der Waals surface area contributed by atoms with Gasteiger partial charge in [0, 0.05) is 11.5 Å². The van der Waals surface area contributed by atoms with E-state index in [1.54, 1.807) is 12.1 Å². The average Bonchev–Trinajstić information content (AvgIpc) is 2.77. The molecule has 1 aromatic heterocycles. The Labute approximate surface area is 103 Å². The lowest BCUT2D eigenvalue weighted by molar-refractivity contribution is -0.0498. The Balaban J connectivity index is 2.26. The summed E-state index contributed by atoms with van der Waals surface area (Å²) in [7, 11) is 0. The zero-order valence-corrected chi connectivity index (χ0v) is 9.93. The number of halogens is 2. The first-order valence-corrected chi connectivity index (χ1v) is 5.45. The number of hydrogen-bond acceptors (Lipinski definition) is 4. The van der Waals surface area contributed by atoms with E-state index in [0.717, 1.165) is 0 Å². The summed E-state index contributed by atoms with van der Waals surface area (Å²) in [4.78, 5) is 4.18. The highest BCUT2D eigenvalue weighted by Crippen LogP contribution is 2.24. The summed E-state index contributed by atoms with van der Waals surface area (Å²) in [6, 6.07) is 6.19. The van der Waals surface area contributed by atoms with Crippen molar-refractivity contribution >= 4 is 0 Å². The van der Waals surface area contributed by atoms with Gasteiger partial charge in [0.2, 0.25) is 11.7 Å². The van der Waals surface area contributed by atoms with Crippen LogP contribution in [0.15, 0.2) is 28.8 Å². The minimum atomic E-state index is -2.85. The van der Waals surface area contributed by atoms with Crippen molar-refractivity contribution in [2.75, 3.05) is 0 Å².